The number of hydrogen-bond donors (Lipinski definition) is 1. The first kappa shape index (κ1) is 14.2. The van der Waals surface area contributed by atoms with E-state index >= 15 is 0 Å². The lowest BCUT2D eigenvalue weighted by molar-refractivity contribution is 0.295. The van der Waals surface area contributed by atoms with E-state index in [0.717, 1.165) is 19.6 Å². The van der Waals surface area contributed by atoms with Crippen molar-refractivity contribution in [1.29, 1.82) is 5.26 Å². The molecule has 1 unspecified atom stereocenters. The Morgan fingerprint density at radius 1 is 1.53 bits per heavy atom. The number of anilines is 1. The maximum Gasteiger partial charge on any atom is 0.185 e. The fourth-order valence-corrected chi connectivity index (χ4v) is 2.62. The van der Waals surface area contributed by atoms with Gasteiger partial charge in [-0.15, -0.1) is 0 Å². The summed E-state index contributed by atoms with van der Waals surface area (Å²) in [5, 5.41) is 13.1. The molecular formula is C11H17ClN4S. The Bertz CT molecular complexity index is 395. The Balaban J connectivity index is 2.56. The fourth-order valence-electron chi connectivity index (χ4n) is 1.56. The molecule has 1 aromatic heterocycles. The van der Waals surface area contributed by atoms with Gasteiger partial charge < -0.3 is 10.2 Å². The topological polar surface area (TPSA) is 52.0 Å². The molecular weight excluding hydrogens is 256 g/mol. The molecule has 1 N–H and O–H groups in total. The highest BCUT2D eigenvalue weighted by atomic mass is 35.5. The van der Waals surface area contributed by atoms with Crippen molar-refractivity contribution >= 4 is 28.1 Å². The quantitative estimate of drug-likeness (QED) is 0.865. The Kier molecular flexibility index (Phi) is 5.69. The van der Waals surface area contributed by atoms with Crippen molar-refractivity contribution in [3.63, 3.8) is 0 Å². The van der Waals surface area contributed by atoms with Crippen molar-refractivity contribution in [3.8, 4) is 6.07 Å². The maximum atomic E-state index is 8.79. The van der Waals surface area contributed by atoms with Crippen molar-refractivity contribution in [2.24, 2.45) is 0 Å². The number of nitrogens with one attached hydrogen (secondary N) is 1. The van der Waals surface area contributed by atoms with Crippen molar-refractivity contribution in [1.82, 2.24) is 9.88 Å². The van der Waals surface area contributed by atoms with Crippen molar-refractivity contribution in [3.05, 3.63) is 10.0 Å². The first-order valence-electron chi connectivity index (χ1n) is 5.66. The van der Waals surface area contributed by atoms with E-state index < -0.39 is 0 Å². The molecule has 4 nitrogen and oxygen atoms in total. The first-order chi connectivity index (χ1) is 8.10. The lowest BCUT2D eigenvalue weighted by Gasteiger charge is -2.23. The summed E-state index contributed by atoms with van der Waals surface area (Å²) in [5.41, 5.74) is 0. The molecule has 0 aromatic carbocycles. The molecule has 94 valence electrons. The molecule has 1 aromatic rings. The van der Waals surface area contributed by atoms with Gasteiger partial charge in [0.05, 0.1) is 0 Å². The second-order valence-electron chi connectivity index (χ2n) is 3.78. The van der Waals surface area contributed by atoms with Crippen molar-refractivity contribution in [2.75, 3.05) is 25.0 Å². The van der Waals surface area contributed by atoms with Crippen LogP contribution in [-0.4, -0.2) is 35.6 Å². The van der Waals surface area contributed by atoms with Gasteiger partial charge in [-0.1, -0.05) is 36.8 Å². The molecule has 0 aliphatic heterocycles. The second-order valence-corrected chi connectivity index (χ2v) is 5.14. The summed E-state index contributed by atoms with van der Waals surface area (Å²) in [7, 11) is 0. The van der Waals surface area contributed by atoms with Crippen LogP contribution in [0.3, 0.4) is 0 Å². The Morgan fingerprint density at radius 2 is 2.18 bits per heavy atom. The van der Waals surface area contributed by atoms with E-state index in [4.69, 9.17) is 16.9 Å². The summed E-state index contributed by atoms with van der Waals surface area (Å²) >= 11 is 7.11. The molecule has 0 aliphatic carbocycles. The lowest BCUT2D eigenvalue weighted by Crippen LogP contribution is -2.34. The van der Waals surface area contributed by atoms with Crippen LogP contribution in [0.25, 0.3) is 0 Å². The monoisotopic (exact) mass is 272 g/mol. The first-order valence-corrected chi connectivity index (χ1v) is 6.85. The Morgan fingerprint density at radius 3 is 2.65 bits per heavy atom. The molecule has 1 rings (SSSR count). The zero-order valence-electron chi connectivity index (χ0n) is 10.3. The average Bonchev–Trinajstić information content (AvgIpc) is 2.66. The third kappa shape index (κ3) is 4.15. The van der Waals surface area contributed by atoms with Gasteiger partial charge in [0.15, 0.2) is 10.3 Å². The van der Waals surface area contributed by atoms with E-state index in [2.05, 4.69) is 36.0 Å². The van der Waals surface area contributed by atoms with Gasteiger partial charge in [-0.3, -0.25) is 0 Å². The van der Waals surface area contributed by atoms with Crippen LogP contribution < -0.4 is 5.32 Å². The number of thiazole rings is 1. The van der Waals surface area contributed by atoms with Crippen LogP contribution >= 0.6 is 22.9 Å². The van der Waals surface area contributed by atoms with Crippen LogP contribution in [0.5, 0.6) is 0 Å². The molecule has 0 radical (unpaired) electrons. The standard InChI is InChI=1S/C11H17ClN4S/c1-4-16(5-2)7-8(3)14-11-15-10(12)9(6-13)17-11/h8H,4-5,7H2,1-3H3,(H,14,15). The van der Waals surface area contributed by atoms with Gasteiger partial charge in [0.25, 0.3) is 0 Å². The molecule has 0 bridgehead atoms. The highest BCUT2D eigenvalue weighted by Crippen LogP contribution is 2.26. The van der Waals surface area contributed by atoms with Gasteiger partial charge in [-0.2, -0.15) is 5.26 Å². The maximum absolute atomic E-state index is 8.79. The zero-order chi connectivity index (χ0) is 12.8. The van der Waals surface area contributed by atoms with Gasteiger partial charge >= 0.3 is 0 Å². The Labute approximate surface area is 111 Å². The van der Waals surface area contributed by atoms with Crippen molar-refractivity contribution < 1.29 is 0 Å². The molecule has 1 atom stereocenters. The lowest BCUT2D eigenvalue weighted by atomic mass is 10.3. The van der Waals surface area contributed by atoms with Gasteiger partial charge in [0.1, 0.15) is 10.9 Å². The summed E-state index contributed by atoms with van der Waals surface area (Å²) < 4.78 is 0. The number of nitrogens with zero attached hydrogens (tertiary/aromatic N) is 3. The van der Waals surface area contributed by atoms with Gasteiger partial charge in [-0.05, 0) is 20.0 Å². The molecule has 0 amide bonds. The van der Waals surface area contributed by atoms with E-state index in [-0.39, 0.29) is 11.2 Å². The fraction of sp³-hybridized carbons (Fsp3) is 0.636. The van der Waals surface area contributed by atoms with Gasteiger partial charge in [0.2, 0.25) is 0 Å². The largest absolute Gasteiger partial charge is 0.358 e. The molecule has 0 saturated carbocycles. The molecule has 1 heterocycles. The Hall–Kier alpha value is -0.830. The number of nitriles is 1. The smallest absolute Gasteiger partial charge is 0.185 e. The van der Waals surface area contributed by atoms with Crippen LogP contribution in [0.1, 0.15) is 25.6 Å². The van der Waals surface area contributed by atoms with E-state index in [0.29, 0.717) is 10.0 Å². The van der Waals surface area contributed by atoms with Crippen LogP contribution in [0.4, 0.5) is 5.13 Å². The summed E-state index contributed by atoms with van der Waals surface area (Å²) in [6.07, 6.45) is 0. The normalized spacial score (nSPS) is 12.5. The van der Waals surface area contributed by atoms with E-state index in [1.807, 2.05) is 6.07 Å². The van der Waals surface area contributed by atoms with Crippen molar-refractivity contribution in [2.45, 2.75) is 26.8 Å². The zero-order valence-corrected chi connectivity index (χ0v) is 11.9. The predicted octanol–water partition coefficient (Wildman–Crippen LogP) is 2.81. The van der Waals surface area contributed by atoms with Crippen LogP contribution in [0.2, 0.25) is 5.15 Å². The van der Waals surface area contributed by atoms with E-state index in [1.165, 1.54) is 11.3 Å². The molecule has 0 spiro atoms. The van der Waals surface area contributed by atoms with Gasteiger partial charge in [0, 0.05) is 12.6 Å². The summed E-state index contributed by atoms with van der Waals surface area (Å²) in [6.45, 7) is 9.40. The molecule has 0 aliphatic rings. The van der Waals surface area contributed by atoms with Crippen LogP contribution in [0, 0.1) is 11.3 Å². The molecule has 0 saturated heterocycles. The minimum absolute atomic E-state index is 0.281. The predicted molar refractivity (Wildman–Crippen MR) is 72.7 cm³/mol. The SMILES string of the molecule is CCN(CC)CC(C)Nc1nc(Cl)c(C#N)s1. The third-order valence-corrected chi connectivity index (χ3v) is 3.76. The van der Waals surface area contributed by atoms with Crippen LogP contribution in [-0.2, 0) is 0 Å². The molecule has 6 heteroatoms. The number of aromatic nitrogens is 1. The van der Waals surface area contributed by atoms with E-state index in [1.54, 1.807) is 0 Å². The van der Waals surface area contributed by atoms with Crippen LogP contribution in [0.15, 0.2) is 0 Å². The summed E-state index contributed by atoms with van der Waals surface area (Å²) in [6, 6.07) is 2.31. The highest BCUT2D eigenvalue weighted by molar-refractivity contribution is 7.16. The number of halogens is 1. The second kappa shape index (κ2) is 6.80. The summed E-state index contributed by atoms with van der Waals surface area (Å²) in [5.74, 6) is 0. The van der Waals surface area contributed by atoms with Gasteiger partial charge in [-0.25, -0.2) is 4.98 Å². The average molecular weight is 273 g/mol. The minimum Gasteiger partial charge on any atom is -0.358 e. The number of likely N-dealkylation sites (N-methyl/N-ethyl adjacent to an activating group) is 1. The minimum atomic E-state index is 0.281. The summed E-state index contributed by atoms with van der Waals surface area (Å²) in [4.78, 5) is 6.91. The molecule has 0 fully saturated rings. The highest BCUT2D eigenvalue weighted by Gasteiger charge is 2.12. The third-order valence-electron chi connectivity index (χ3n) is 2.48. The van der Waals surface area contributed by atoms with E-state index in [9.17, 15) is 0 Å². The molecule has 17 heavy (non-hydrogen) atoms. The number of rotatable bonds is 6. The number of hydrogen-bond acceptors (Lipinski definition) is 5.